The van der Waals surface area contributed by atoms with Crippen LogP contribution in [0.3, 0.4) is 0 Å². The third-order valence-electron chi connectivity index (χ3n) is 3.82. The number of carbonyl (C=O) groups is 1. The molecule has 2 rings (SSSR count). The Morgan fingerprint density at radius 3 is 2.50 bits per heavy atom. The summed E-state index contributed by atoms with van der Waals surface area (Å²) in [5.41, 5.74) is 0.858. The van der Waals surface area contributed by atoms with E-state index in [1.54, 1.807) is 6.92 Å². The SMILES string of the molecule is CC[C@@H](Oc1cc(C)ccc1C)C(=O)Nc1ccc(Cl)c(C(F)(F)F)c1. The van der Waals surface area contributed by atoms with E-state index < -0.39 is 28.8 Å². The van der Waals surface area contributed by atoms with Gasteiger partial charge in [-0.25, -0.2) is 0 Å². The van der Waals surface area contributed by atoms with E-state index in [1.165, 1.54) is 6.07 Å². The first-order chi connectivity index (χ1) is 12.1. The Kier molecular flexibility index (Phi) is 6.18. The summed E-state index contributed by atoms with van der Waals surface area (Å²) in [6.45, 7) is 5.52. The molecule has 0 saturated carbocycles. The zero-order valence-corrected chi connectivity index (χ0v) is 15.3. The van der Waals surface area contributed by atoms with Gasteiger partial charge in [0.25, 0.3) is 5.91 Å². The highest BCUT2D eigenvalue weighted by Crippen LogP contribution is 2.36. The van der Waals surface area contributed by atoms with Crippen LogP contribution in [-0.2, 0) is 11.0 Å². The lowest BCUT2D eigenvalue weighted by atomic mass is 10.1. The normalized spacial score (nSPS) is 12.6. The minimum absolute atomic E-state index is 0.00902. The maximum atomic E-state index is 12.9. The van der Waals surface area contributed by atoms with E-state index in [1.807, 2.05) is 32.0 Å². The third-order valence-corrected chi connectivity index (χ3v) is 4.14. The summed E-state index contributed by atoms with van der Waals surface area (Å²) in [6.07, 6.45) is -5.07. The van der Waals surface area contributed by atoms with E-state index in [-0.39, 0.29) is 5.69 Å². The molecule has 0 aliphatic carbocycles. The monoisotopic (exact) mass is 385 g/mol. The van der Waals surface area contributed by atoms with Gasteiger partial charge < -0.3 is 10.1 Å². The van der Waals surface area contributed by atoms with Crippen molar-refractivity contribution in [2.75, 3.05) is 5.32 Å². The van der Waals surface area contributed by atoms with Gasteiger partial charge in [-0.05, 0) is 55.7 Å². The number of aryl methyl sites for hydroxylation is 2. The van der Waals surface area contributed by atoms with Crippen molar-refractivity contribution in [3.63, 3.8) is 0 Å². The number of carbonyl (C=O) groups excluding carboxylic acids is 1. The molecular formula is C19H19ClF3NO2. The van der Waals surface area contributed by atoms with Gasteiger partial charge in [-0.1, -0.05) is 30.7 Å². The Bertz CT molecular complexity index is 806. The first-order valence-electron chi connectivity index (χ1n) is 8.03. The molecule has 1 amide bonds. The molecule has 0 saturated heterocycles. The summed E-state index contributed by atoms with van der Waals surface area (Å²) in [4.78, 5) is 12.4. The Morgan fingerprint density at radius 1 is 1.19 bits per heavy atom. The standard InChI is InChI=1S/C19H19ClF3NO2/c1-4-16(26-17-9-11(2)5-6-12(17)3)18(25)24-13-7-8-15(20)14(10-13)19(21,22)23/h5-10,16H,4H2,1-3H3,(H,24,25)/t16-/m1/s1. The van der Waals surface area contributed by atoms with Gasteiger partial charge in [-0.3, -0.25) is 4.79 Å². The van der Waals surface area contributed by atoms with Crippen LogP contribution in [0.2, 0.25) is 5.02 Å². The molecule has 0 heterocycles. The Hall–Kier alpha value is -2.21. The topological polar surface area (TPSA) is 38.3 Å². The molecule has 2 aromatic carbocycles. The minimum Gasteiger partial charge on any atom is -0.480 e. The number of alkyl halides is 3. The average Bonchev–Trinajstić information content (AvgIpc) is 2.56. The van der Waals surface area contributed by atoms with Crippen LogP contribution in [0.4, 0.5) is 18.9 Å². The third kappa shape index (κ3) is 4.91. The van der Waals surface area contributed by atoms with Crippen LogP contribution in [0.15, 0.2) is 36.4 Å². The summed E-state index contributed by atoms with van der Waals surface area (Å²) in [5, 5.41) is 2.04. The molecule has 0 unspecified atom stereocenters. The van der Waals surface area contributed by atoms with Crippen LogP contribution >= 0.6 is 11.6 Å². The molecule has 2 aromatic rings. The Labute approximate surface area is 155 Å². The van der Waals surface area contributed by atoms with Crippen molar-refractivity contribution in [1.82, 2.24) is 0 Å². The number of amides is 1. The lowest BCUT2D eigenvalue weighted by molar-refractivity contribution is -0.137. The van der Waals surface area contributed by atoms with Gasteiger partial charge in [0.05, 0.1) is 10.6 Å². The van der Waals surface area contributed by atoms with Crippen LogP contribution in [0.1, 0.15) is 30.0 Å². The molecule has 3 nitrogen and oxygen atoms in total. The fourth-order valence-electron chi connectivity index (χ4n) is 2.35. The largest absolute Gasteiger partial charge is 0.480 e. The van der Waals surface area contributed by atoms with Gasteiger partial charge in [-0.15, -0.1) is 0 Å². The fraction of sp³-hybridized carbons (Fsp3) is 0.316. The van der Waals surface area contributed by atoms with Gasteiger partial charge in [0.15, 0.2) is 6.10 Å². The van der Waals surface area contributed by atoms with Gasteiger partial charge in [0.2, 0.25) is 0 Å². The molecule has 0 aliphatic rings. The predicted octanol–water partition coefficient (Wildman–Crippen LogP) is 5.77. The number of anilines is 1. The molecule has 0 spiro atoms. The zero-order valence-electron chi connectivity index (χ0n) is 14.6. The second-order valence-corrected chi connectivity index (χ2v) is 6.37. The van der Waals surface area contributed by atoms with Gasteiger partial charge >= 0.3 is 6.18 Å². The minimum atomic E-state index is -4.60. The predicted molar refractivity (Wildman–Crippen MR) is 95.7 cm³/mol. The summed E-state index contributed by atoms with van der Waals surface area (Å²) >= 11 is 5.59. The number of ether oxygens (including phenoxy) is 1. The molecule has 1 atom stereocenters. The van der Waals surface area contributed by atoms with Gasteiger partial charge in [0.1, 0.15) is 5.75 Å². The summed E-state index contributed by atoms with van der Waals surface area (Å²) < 4.78 is 44.6. The first-order valence-corrected chi connectivity index (χ1v) is 8.41. The maximum absolute atomic E-state index is 12.9. The highest BCUT2D eigenvalue weighted by Gasteiger charge is 2.33. The smallest absolute Gasteiger partial charge is 0.417 e. The van der Waals surface area contributed by atoms with Crippen molar-refractivity contribution in [1.29, 1.82) is 0 Å². The Morgan fingerprint density at radius 2 is 1.88 bits per heavy atom. The van der Waals surface area contributed by atoms with E-state index in [4.69, 9.17) is 16.3 Å². The van der Waals surface area contributed by atoms with Crippen LogP contribution in [0.5, 0.6) is 5.75 Å². The maximum Gasteiger partial charge on any atom is 0.417 e. The molecule has 0 aromatic heterocycles. The lowest BCUT2D eigenvalue weighted by Crippen LogP contribution is -2.32. The molecule has 140 valence electrons. The number of rotatable bonds is 5. The average molecular weight is 386 g/mol. The number of nitrogens with one attached hydrogen (secondary N) is 1. The lowest BCUT2D eigenvalue weighted by Gasteiger charge is -2.19. The number of hydrogen-bond acceptors (Lipinski definition) is 2. The van der Waals surface area contributed by atoms with Crippen molar-refractivity contribution in [3.8, 4) is 5.75 Å². The number of halogens is 4. The van der Waals surface area contributed by atoms with E-state index >= 15 is 0 Å². The van der Waals surface area contributed by atoms with Crippen molar-refractivity contribution in [2.45, 2.75) is 39.5 Å². The molecule has 7 heteroatoms. The molecule has 0 aliphatic heterocycles. The van der Waals surface area contributed by atoms with Crippen LogP contribution in [-0.4, -0.2) is 12.0 Å². The summed E-state index contributed by atoms with van der Waals surface area (Å²) in [7, 11) is 0. The van der Waals surface area contributed by atoms with E-state index in [2.05, 4.69) is 5.32 Å². The van der Waals surface area contributed by atoms with E-state index in [9.17, 15) is 18.0 Å². The Balaban J connectivity index is 2.18. The quantitative estimate of drug-likeness (QED) is 0.709. The van der Waals surface area contributed by atoms with Crippen molar-refractivity contribution >= 4 is 23.2 Å². The molecule has 0 fully saturated rings. The molecular weight excluding hydrogens is 367 g/mol. The van der Waals surface area contributed by atoms with Crippen LogP contribution < -0.4 is 10.1 Å². The second kappa shape index (κ2) is 7.99. The molecule has 0 radical (unpaired) electrons. The van der Waals surface area contributed by atoms with Crippen LogP contribution in [0, 0.1) is 13.8 Å². The highest BCUT2D eigenvalue weighted by atomic mass is 35.5. The molecule has 0 bridgehead atoms. The second-order valence-electron chi connectivity index (χ2n) is 5.97. The van der Waals surface area contributed by atoms with Gasteiger partial charge in [-0.2, -0.15) is 13.2 Å². The number of benzene rings is 2. The fourth-order valence-corrected chi connectivity index (χ4v) is 2.58. The van der Waals surface area contributed by atoms with Crippen molar-refractivity contribution in [2.24, 2.45) is 0 Å². The molecule has 1 N–H and O–H groups in total. The molecule has 26 heavy (non-hydrogen) atoms. The zero-order chi connectivity index (χ0) is 19.5. The first kappa shape index (κ1) is 20.1. The van der Waals surface area contributed by atoms with Gasteiger partial charge in [0, 0.05) is 5.69 Å². The summed E-state index contributed by atoms with van der Waals surface area (Å²) in [6, 6.07) is 8.85. The van der Waals surface area contributed by atoms with Crippen LogP contribution in [0.25, 0.3) is 0 Å². The number of hydrogen-bond donors (Lipinski definition) is 1. The highest BCUT2D eigenvalue weighted by molar-refractivity contribution is 6.31. The van der Waals surface area contributed by atoms with E-state index in [0.717, 1.165) is 23.3 Å². The van der Waals surface area contributed by atoms with Crippen molar-refractivity contribution < 1.29 is 22.7 Å². The van der Waals surface area contributed by atoms with E-state index in [0.29, 0.717) is 12.2 Å². The summed E-state index contributed by atoms with van der Waals surface area (Å²) in [5.74, 6) is 0.0444. The van der Waals surface area contributed by atoms with Crippen molar-refractivity contribution in [3.05, 3.63) is 58.1 Å².